The van der Waals surface area contributed by atoms with Crippen LogP contribution in [0.1, 0.15) is 45.0 Å². The molecule has 0 spiro atoms. The van der Waals surface area contributed by atoms with Gasteiger partial charge < -0.3 is 24.1 Å². The Hall–Kier alpha value is -5.16. The van der Waals surface area contributed by atoms with Gasteiger partial charge in [0.25, 0.3) is 5.78 Å². The van der Waals surface area contributed by atoms with Crippen molar-refractivity contribution in [2.24, 2.45) is 0 Å². The van der Waals surface area contributed by atoms with E-state index in [1.165, 1.54) is 19.1 Å². The van der Waals surface area contributed by atoms with Crippen molar-refractivity contribution in [2.45, 2.75) is 26.5 Å². The van der Waals surface area contributed by atoms with E-state index in [2.05, 4.69) is 4.98 Å². The predicted octanol–water partition coefficient (Wildman–Crippen LogP) is 5.85. The first kappa shape index (κ1) is 30.3. The molecule has 0 saturated carbocycles. The zero-order valence-corrected chi connectivity index (χ0v) is 25.3. The lowest BCUT2D eigenvalue weighted by atomic mass is 9.95. The number of anilines is 1. The van der Waals surface area contributed by atoms with Crippen LogP contribution in [0, 0.1) is 6.92 Å². The van der Waals surface area contributed by atoms with Gasteiger partial charge in [-0.1, -0.05) is 59.9 Å². The molecule has 5 rings (SSSR count). The number of aliphatic hydroxyl groups excluding tert-OH is 1. The summed E-state index contributed by atoms with van der Waals surface area (Å²) in [6.07, 6.45) is 0. The SMILES string of the molecule is CCOC(=O)c1sc(N2C(=O)C(=O)C(=C(O)c3cccc(OC)c3)C2c2ccc(OCc3ccccc3)c(OC)c2)nc1C. The van der Waals surface area contributed by atoms with Crippen LogP contribution in [0.25, 0.3) is 5.76 Å². The van der Waals surface area contributed by atoms with Gasteiger partial charge in [0, 0.05) is 5.56 Å². The molecule has 1 N–H and O–H groups in total. The number of benzene rings is 3. The third-order valence-electron chi connectivity index (χ3n) is 6.98. The summed E-state index contributed by atoms with van der Waals surface area (Å²) in [6.45, 7) is 3.76. The lowest BCUT2D eigenvalue weighted by molar-refractivity contribution is -0.132. The minimum atomic E-state index is -1.11. The lowest BCUT2D eigenvalue weighted by Gasteiger charge is -2.24. The summed E-state index contributed by atoms with van der Waals surface area (Å²) in [4.78, 5) is 45.7. The number of Topliss-reactive ketones (excluding diaryl/α,β-unsaturated/α-hetero) is 1. The molecule has 2 heterocycles. The van der Waals surface area contributed by atoms with Gasteiger partial charge in [0.15, 0.2) is 16.6 Å². The number of nitrogens with zero attached hydrogens (tertiary/aromatic N) is 2. The van der Waals surface area contributed by atoms with Crippen LogP contribution in [0.4, 0.5) is 5.13 Å². The molecule has 226 valence electrons. The number of esters is 1. The molecule has 1 saturated heterocycles. The Morgan fingerprint density at radius 2 is 1.75 bits per heavy atom. The summed E-state index contributed by atoms with van der Waals surface area (Å²) >= 11 is 0.931. The number of carbonyl (C=O) groups is 3. The van der Waals surface area contributed by atoms with Crippen molar-refractivity contribution < 1.29 is 38.4 Å². The van der Waals surface area contributed by atoms with Gasteiger partial charge in [-0.2, -0.15) is 0 Å². The third-order valence-corrected chi connectivity index (χ3v) is 8.12. The highest BCUT2D eigenvalue weighted by Crippen LogP contribution is 2.45. The van der Waals surface area contributed by atoms with E-state index in [-0.39, 0.29) is 27.8 Å². The van der Waals surface area contributed by atoms with Crippen LogP contribution in [0.2, 0.25) is 0 Å². The molecule has 4 aromatic rings. The fourth-order valence-corrected chi connectivity index (χ4v) is 5.84. The highest BCUT2D eigenvalue weighted by molar-refractivity contribution is 7.17. The van der Waals surface area contributed by atoms with Crippen LogP contribution in [0.3, 0.4) is 0 Å². The largest absolute Gasteiger partial charge is 0.507 e. The number of ketones is 1. The average molecular weight is 615 g/mol. The first-order valence-electron chi connectivity index (χ1n) is 13.7. The lowest BCUT2D eigenvalue weighted by Crippen LogP contribution is -2.29. The van der Waals surface area contributed by atoms with Crippen LogP contribution < -0.4 is 19.1 Å². The van der Waals surface area contributed by atoms with Crippen LogP contribution in [0.5, 0.6) is 17.2 Å². The number of thiazole rings is 1. The van der Waals surface area contributed by atoms with Crippen LogP contribution >= 0.6 is 11.3 Å². The summed E-state index contributed by atoms with van der Waals surface area (Å²) in [5.41, 5.74) is 1.88. The average Bonchev–Trinajstić information content (AvgIpc) is 3.56. The van der Waals surface area contributed by atoms with Crippen molar-refractivity contribution in [3.63, 3.8) is 0 Å². The molecule has 44 heavy (non-hydrogen) atoms. The molecular formula is C33H30N2O8S. The van der Waals surface area contributed by atoms with Gasteiger partial charge >= 0.3 is 11.9 Å². The van der Waals surface area contributed by atoms with E-state index < -0.39 is 29.5 Å². The van der Waals surface area contributed by atoms with E-state index in [1.54, 1.807) is 56.3 Å². The van der Waals surface area contributed by atoms with Crippen molar-refractivity contribution in [1.82, 2.24) is 4.98 Å². The first-order valence-corrected chi connectivity index (χ1v) is 14.5. The summed E-state index contributed by atoms with van der Waals surface area (Å²) in [6, 6.07) is 20.1. The Labute approximate surface area is 258 Å². The number of aliphatic hydroxyl groups is 1. The second kappa shape index (κ2) is 13.0. The molecule has 1 unspecified atom stereocenters. The number of methoxy groups -OCH3 is 2. The van der Waals surface area contributed by atoms with E-state index in [0.717, 1.165) is 16.9 Å². The van der Waals surface area contributed by atoms with Gasteiger partial charge in [-0.15, -0.1) is 0 Å². The third kappa shape index (κ3) is 5.86. The van der Waals surface area contributed by atoms with E-state index in [1.807, 2.05) is 30.3 Å². The number of amides is 1. The summed E-state index contributed by atoms with van der Waals surface area (Å²) < 4.78 is 22.1. The minimum Gasteiger partial charge on any atom is -0.507 e. The van der Waals surface area contributed by atoms with Crippen LogP contribution in [-0.2, 0) is 20.9 Å². The van der Waals surface area contributed by atoms with Gasteiger partial charge in [-0.3, -0.25) is 14.5 Å². The van der Waals surface area contributed by atoms with Gasteiger partial charge in [-0.25, -0.2) is 9.78 Å². The summed E-state index contributed by atoms with van der Waals surface area (Å²) in [5, 5.41) is 11.6. The molecule has 1 aliphatic rings. The molecule has 10 nitrogen and oxygen atoms in total. The molecule has 1 amide bonds. The maximum absolute atomic E-state index is 13.7. The van der Waals surface area contributed by atoms with E-state index >= 15 is 0 Å². The van der Waals surface area contributed by atoms with Gasteiger partial charge in [0.2, 0.25) is 0 Å². The Morgan fingerprint density at radius 1 is 0.977 bits per heavy atom. The van der Waals surface area contributed by atoms with Gasteiger partial charge in [-0.05, 0) is 49.2 Å². The highest BCUT2D eigenvalue weighted by atomic mass is 32.1. The minimum absolute atomic E-state index is 0.103. The van der Waals surface area contributed by atoms with Crippen LogP contribution in [0.15, 0.2) is 78.4 Å². The maximum Gasteiger partial charge on any atom is 0.350 e. The van der Waals surface area contributed by atoms with Crippen molar-refractivity contribution in [3.05, 3.63) is 106 Å². The first-order chi connectivity index (χ1) is 21.3. The molecule has 0 bridgehead atoms. The smallest absolute Gasteiger partial charge is 0.350 e. The Kier molecular flexibility index (Phi) is 8.96. The number of hydrogen-bond acceptors (Lipinski definition) is 10. The fourth-order valence-electron chi connectivity index (χ4n) is 4.85. The Morgan fingerprint density at radius 3 is 2.45 bits per heavy atom. The van der Waals surface area contributed by atoms with Crippen molar-refractivity contribution >= 4 is 39.9 Å². The molecule has 3 aromatic carbocycles. The zero-order chi connectivity index (χ0) is 31.4. The van der Waals surface area contributed by atoms with Gasteiger partial charge in [0.05, 0.1) is 38.1 Å². The quantitative estimate of drug-likeness (QED) is 0.101. The highest BCUT2D eigenvalue weighted by Gasteiger charge is 2.48. The van der Waals surface area contributed by atoms with Crippen LogP contribution in [-0.4, -0.2) is 48.6 Å². The molecule has 0 radical (unpaired) electrons. The van der Waals surface area contributed by atoms with E-state index in [4.69, 9.17) is 18.9 Å². The Bertz CT molecular complexity index is 1750. The normalized spacial score (nSPS) is 15.7. The fraction of sp³-hybridized carbons (Fsp3) is 0.212. The summed E-state index contributed by atoms with van der Waals surface area (Å²) in [7, 11) is 2.97. The molecule has 1 fully saturated rings. The molecule has 1 aromatic heterocycles. The van der Waals surface area contributed by atoms with E-state index in [9.17, 15) is 19.5 Å². The number of ether oxygens (including phenoxy) is 4. The number of carbonyl (C=O) groups excluding carboxylic acids is 3. The standard InChI is InChI=1S/C33H30N2O8S/c1-5-42-32(39)30-19(2)34-33(44-30)35-27(26(29(37)31(35)38)28(36)22-12-9-13-23(16-22)40-3)21-14-15-24(25(17-21)41-4)43-18-20-10-7-6-8-11-20/h6-17,27,36H,5,18H2,1-4H3. The number of aryl methyl sites for hydroxylation is 1. The second-order valence-corrected chi connectivity index (χ2v) is 10.7. The summed E-state index contributed by atoms with van der Waals surface area (Å²) in [5.74, 6) is -1.54. The predicted molar refractivity (Wildman–Crippen MR) is 164 cm³/mol. The maximum atomic E-state index is 13.7. The Balaban J connectivity index is 1.64. The topological polar surface area (TPSA) is 124 Å². The van der Waals surface area contributed by atoms with E-state index in [0.29, 0.717) is 35.1 Å². The number of hydrogen-bond donors (Lipinski definition) is 1. The number of aromatic nitrogens is 1. The zero-order valence-electron chi connectivity index (χ0n) is 24.5. The molecule has 11 heteroatoms. The molecular weight excluding hydrogens is 584 g/mol. The van der Waals surface area contributed by atoms with Gasteiger partial charge in [0.1, 0.15) is 23.0 Å². The molecule has 0 aliphatic carbocycles. The monoisotopic (exact) mass is 614 g/mol. The second-order valence-electron chi connectivity index (χ2n) is 9.72. The van der Waals surface area contributed by atoms with Crippen molar-refractivity contribution in [3.8, 4) is 17.2 Å². The number of rotatable bonds is 10. The molecule has 1 atom stereocenters. The molecule has 1 aliphatic heterocycles. The van der Waals surface area contributed by atoms with Crippen molar-refractivity contribution in [1.29, 1.82) is 0 Å². The van der Waals surface area contributed by atoms with Crippen molar-refractivity contribution in [2.75, 3.05) is 25.7 Å².